The number of hydrogen-bond acceptors (Lipinski definition) is 6. The van der Waals surface area contributed by atoms with E-state index in [0.717, 1.165) is 12.8 Å². The van der Waals surface area contributed by atoms with Crippen LogP contribution in [0.5, 0.6) is 11.5 Å². The minimum Gasteiger partial charge on any atom is -0.507 e. The summed E-state index contributed by atoms with van der Waals surface area (Å²) in [4.78, 5) is 23.2. The lowest BCUT2D eigenvalue weighted by Crippen LogP contribution is -2.25. The summed E-state index contributed by atoms with van der Waals surface area (Å²) in [5, 5.41) is 22.8. The van der Waals surface area contributed by atoms with Crippen LogP contribution in [0.15, 0.2) is 29.1 Å². The minimum absolute atomic E-state index is 0.0408. The van der Waals surface area contributed by atoms with Crippen LogP contribution in [0.2, 0.25) is 0 Å². The maximum absolute atomic E-state index is 12.3. The van der Waals surface area contributed by atoms with E-state index in [1.165, 1.54) is 25.5 Å². The number of carbonyl (C=O) groups is 1. The van der Waals surface area contributed by atoms with Gasteiger partial charge in [0.1, 0.15) is 28.6 Å². The summed E-state index contributed by atoms with van der Waals surface area (Å²) in [7, 11) is 2.99. The molecule has 1 heterocycles. The van der Waals surface area contributed by atoms with Gasteiger partial charge < -0.3 is 25.3 Å². The number of amides is 1. The molecule has 8 nitrogen and oxygen atoms in total. The van der Waals surface area contributed by atoms with Gasteiger partial charge in [-0.1, -0.05) is 0 Å². The van der Waals surface area contributed by atoms with E-state index in [1.54, 1.807) is 19.3 Å². The Bertz CT molecular complexity index is 881. The number of nitrogens with zero attached hydrogens (tertiary/aromatic N) is 2. The third-order valence-corrected chi connectivity index (χ3v) is 3.89. The van der Waals surface area contributed by atoms with E-state index < -0.39 is 0 Å². The topological polar surface area (TPSA) is 120 Å². The first-order valence-electron chi connectivity index (χ1n) is 8.12. The summed E-state index contributed by atoms with van der Waals surface area (Å²) in [5.74, 6) is 0.119. The number of carbonyl (C=O) groups excluding carboxylic acids is 1. The fourth-order valence-corrected chi connectivity index (χ4v) is 2.50. The van der Waals surface area contributed by atoms with E-state index in [4.69, 9.17) is 4.74 Å². The second-order valence-corrected chi connectivity index (χ2v) is 5.96. The first kappa shape index (κ1) is 17.5. The van der Waals surface area contributed by atoms with Crippen LogP contribution in [-0.2, 0) is 0 Å². The molecule has 0 unspecified atom stereocenters. The number of imidazole rings is 1. The van der Waals surface area contributed by atoms with Crippen molar-refractivity contribution in [1.82, 2.24) is 15.3 Å². The van der Waals surface area contributed by atoms with Crippen LogP contribution in [0, 0.1) is 0 Å². The highest BCUT2D eigenvalue weighted by atomic mass is 16.5. The zero-order valence-corrected chi connectivity index (χ0v) is 14.5. The van der Waals surface area contributed by atoms with Gasteiger partial charge in [0.05, 0.1) is 25.2 Å². The van der Waals surface area contributed by atoms with Gasteiger partial charge in [-0.3, -0.25) is 9.79 Å². The molecule has 3 rings (SSSR count). The highest BCUT2D eigenvalue weighted by molar-refractivity contribution is 6.00. The van der Waals surface area contributed by atoms with Gasteiger partial charge in [0.25, 0.3) is 5.91 Å². The van der Waals surface area contributed by atoms with Crippen molar-refractivity contribution in [1.29, 1.82) is 0 Å². The van der Waals surface area contributed by atoms with Gasteiger partial charge in [-0.2, -0.15) is 0 Å². The Kier molecular flexibility index (Phi) is 4.92. The molecule has 1 aromatic carbocycles. The molecule has 0 atom stereocenters. The number of aliphatic imine (C=N–C) groups is 1. The molecule has 1 saturated carbocycles. The lowest BCUT2D eigenvalue weighted by Gasteiger charge is -2.12. The zero-order chi connectivity index (χ0) is 18.7. The van der Waals surface area contributed by atoms with Crippen molar-refractivity contribution in [3.8, 4) is 22.8 Å². The van der Waals surface area contributed by atoms with Crippen molar-refractivity contribution in [3.63, 3.8) is 0 Å². The number of H-pyrrole nitrogens is 1. The Balaban J connectivity index is 1.91. The van der Waals surface area contributed by atoms with Crippen LogP contribution in [0.25, 0.3) is 17.3 Å². The normalized spacial score (nSPS) is 14.6. The van der Waals surface area contributed by atoms with E-state index >= 15 is 0 Å². The Morgan fingerprint density at radius 3 is 2.88 bits per heavy atom. The van der Waals surface area contributed by atoms with E-state index in [1.807, 2.05) is 0 Å². The van der Waals surface area contributed by atoms with Crippen LogP contribution >= 0.6 is 0 Å². The highest BCUT2D eigenvalue weighted by Gasteiger charge is 2.27. The zero-order valence-electron chi connectivity index (χ0n) is 14.5. The molecule has 1 amide bonds. The summed E-state index contributed by atoms with van der Waals surface area (Å²) in [5.41, 5.74) is 1.30. The summed E-state index contributed by atoms with van der Waals surface area (Å²) in [6.07, 6.45) is 6.18. The van der Waals surface area contributed by atoms with Crippen LogP contribution < -0.4 is 10.1 Å². The number of aromatic amines is 1. The largest absolute Gasteiger partial charge is 0.507 e. The number of allylic oxidation sites excluding steroid dienone is 1. The minimum atomic E-state index is -0.356. The number of aromatic hydroxyl groups is 1. The standard InChI is InChI=1S/C18H20N4O4/c1-19-8-12(23)7-16-20-9-13(22-16)10-5-14(24)17(15(6-10)26-2)18(25)21-11-3-4-11/h5-9,11,23-24H,3-4H2,1-2H3,(H,20,22)(H,21,25)/b12-7+,19-8?. The molecule has 1 aliphatic rings. The summed E-state index contributed by atoms with van der Waals surface area (Å²) in [6.45, 7) is 0. The molecule has 0 aliphatic heterocycles. The van der Waals surface area contributed by atoms with Gasteiger partial charge in [0.15, 0.2) is 0 Å². The molecular formula is C18H20N4O4. The number of phenolic OH excluding ortho intramolecular Hbond substituents is 1. The molecule has 1 aliphatic carbocycles. The van der Waals surface area contributed by atoms with Crippen LogP contribution in [-0.4, -0.2) is 52.5 Å². The number of aliphatic hydroxyl groups is 1. The van der Waals surface area contributed by atoms with E-state index in [2.05, 4.69) is 20.3 Å². The molecule has 1 aromatic heterocycles. The molecule has 26 heavy (non-hydrogen) atoms. The van der Waals surface area contributed by atoms with Crippen molar-refractivity contribution in [2.24, 2.45) is 4.99 Å². The molecular weight excluding hydrogens is 336 g/mol. The first-order chi connectivity index (χ1) is 12.5. The van der Waals surface area contributed by atoms with Crippen molar-refractivity contribution < 1.29 is 19.7 Å². The third kappa shape index (κ3) is 3.85. The molecule has 0 saturated heterocycles. The number of rotatable bonds is 6. The molecule has 136 valence electrons. The molecule has 1 fully saturated rings. The fraction of sp³-hybridized carbons (Fsp3) is 0.278. The van der Waals surface area contributed by atoms with Crippen molar-refractivity contribution >= 4 is 18.2 Å². The number of nitrogens with one attached hydrogen (secondary N) is 2. The van der Waals surface area contributed by atoms with Gasteiger partial charge in [0.2, 0.25) is 0 Å². The maximum atomic E-state index is 12.3. The summed E-state index contributed by atoms with van der Waals surface area (Å²) < 4.78 is 5.29. The monoisotopic (exact) mass is 356 g/mol. The summed E-state index contributed by atoms with van der Waals surface area (Å²) in [6, 6.07) is 3.29. The van der Waals surface area contributed by atoms with E-state index in [0.29, 0.717) is 17.1 Å². The molecule has 4 N–H and O–H groups in total. The van der Waals surface area contributed by atoms with Crippen LogP contribution in [0.1, 0.15) is 29.0 Å². The van der Waals surface area contributed by atoms with Crippen molar-refractivity contribution in [2.45, 2.75) is 18.9 Å². The maximum Gasteiger partial charge on any atom is 0.259 e. The highest BCUT2D eigenvalue weighted by Crippen LogP contribution is 2.34. The summed E-state index contributed by atoms with van der Waals surface area (Å²) >= 11 is 0. The SMILES string of the molecule is CN=C/C(O)=C\c1ncc(-c2cc(O)c(C(=O)NC3CC3)c(OC)c2)[nH]1. The Morgan fingerprint density at radius 2 is 2.23 bits per heavy atom. The van der Waals surface area contributed by atoms with Crippen LogP contribution in [0.4, 0.5) is 0 Å². The van der Waals surface area contributed by atoms with Gasteiger partial charge in [0, 0.05) is 24.7 Å². The number of aliphatic hydroxyl groups excluding tert-OH is 1. The van der Waals surface area contributed by atoms with Gasteiger partial charge in [-0.25, -0.2) is 4.98 Å². The first-order valence-corrected chi connectivity index (χ1v) is 8.12. The fourth-order valence-electron chi connectivity index (χ4n) is 2.50. The Labute approximate surface area is 150 Å². The average Bonchev–Trinajstić information content (AvgIpc) is 3.29. The second-order valence-electron chi connectivity index (χ2n) is 5.96. The number of methoxy groups -OCH3 is 1. The number of hydrogen-bond donors (Lipinski definition) is 4. The van der Waals surface area contributed by atoms with Gasteiger partial charge in [-0.15, -0.1) is 0 Å². The number of benzene rings is 1. The second kappa shape index (κ2) is 7.30. The lowest BCUT2D eigenvalue weighted by molar-refractivity contribution is 0.0945. The molecule has 0 spiro atoms. The quantitative estimate of drug-likeness (QED) is 0.467. The number of ether oxygens (including phenoxy) is 1. The third-order valence-electron chi connectivity index (χ3n) is 3.89. The molecule has 2 aromatic rings. The smallest absolute Gasteiger partial charge is 0.259 e. The van der Waals surface area contributed by atoms with Crippen molar-refractivity contribution in [2.75, 3.05) is 14.2 Å². The molecule has 8 heteroatoms. The Morgan fingerprint density at radius 1 is 1.46 bits per heavy atom. The lowest BCUT2D eigenvalue weighted by atomic mass is 10.1. The molecule has 0 radical (unpaired) electrons. The molecule has 0 bridgehead atoms. The van der Waals surface area contributed by atoms with Gasteiger partial charge in [-0.05, 0) is 25.0 Å². The van der Waals surface area contributed by atoms with Gasteiger partial charge >= 0.3 is 0 Å². The average molecular weight is 356 g/mol. The van der Waals surface area contributed by atoms with E-state index in [9.17, 15) is 15.0 Å². The van der Waals surface area contributed by atoms with Crippen molar-refractivity contribution in [3.05, 3.63) is 35.5 Å². The Hall–Kier alpha value is -3.29. The number of aromatic nitrogens is 2. The van der Waals surface area contributed by atoms with E-state index in [-0.39, 0.29) is 34.8 Å². The number of phenols is 1. The van der Waals surface area contributed by atoms with Crippen LogP contribution in [0.3, 0.4) is 0 Å². The predicted octanol–water partition coefficient (Wildman–Crippen LogP) is 2.28. The predicted molar refractivity (Wildman–Crippen MR) is 97.8 cm³/mol.